The van der Waals surface area contributed by atoms with Gasteiger partial charge >= 0.3 is 5.97 Å². The lowest BCUT2D eigenvalue weighted by Crippen LogP contribution is -2.12. The Hall–Kier alpha value is -3.41. The summed E-state index contributed by atoms with van der Waals surface area (Å²) in [6, 6.07) is 16.1. The van der Waals surface area contributed by atoms with Crippen LogP contribution in [-0.2, 0) is 13.0 Å². The Morgan fingerprint density at radius 1 is 1.00 bits per heavy atom. The third-order valence-electron chi connectivity index (χ3n) is 3.81. The van der Waals surface area contributed by atoms with Crippen LogP contribution in [0, 0.1) is 6.92 Å². The second-order valence-electron chi connectivity index (χ2n) is 5.83. The number of aromatic hydroxyl groups is 1. The number of aromatic nitrogens is 2. The number of hydrogen-bond donors (Lipinski definition) is 2. The van der Waals surface area contributed by atoms with E-state index in [9.17, 15) is 15.0 Å². The molecular weight excluding hydrogens is 332 g/mol. The summed E-state index contributed by atoms with van der Waals surface area (Å²) in [4.78, 5) is 20.2. The fraction of sp³-hybridized carbons (Fsp3) is 0.150. The molecule has 3 aromatic rings. The van der Waals surface area contributed by atoms with Crippen molar-refractivity contribution in [3.8, 4) is 11.5 Å². The quantitative estimate of drug-likeness (QED) is 0.708. The first-order valence-electron chi connectivity index (χ1n) is 8.08. The van der Waals surface area contributed by atoms with Gasteiger partial charge in [-0.2, -0.15) is 0 Å². The number of benzene rings is 2. The number of carboxylic acids is 1. The van der Waals surface area contributed by atoms with Crippen LogP contribution in [0.4, 0.5) is 0 Å². The molecule has 0 unspecified atom stereocenters. The molecule has 1 aromatic heterocycles. The first kappa shape index (κ1) is 17.4. The van der Waals surface area contributed by atoms with Gasteiger partial charge in [0.1, 0.15) is 18.2 Å². The molecule has 132 valence electrons. The van der Waals surface area contributed by atoms with Crippen molar-refractivity contribution in [3.05, 3.63) is 82.9 Å². The predicted octanol–water partition coefficient (Wildman–Crippen LogP) is 3.36. The van der Waals surface area contributed by atoms with Gasteiger partial charge in [-0.3, -0.25) is 0 Å². The topological polar surface area (TPSA) is 92.5 Å². The van der Waals surface area contributed by atoms with Crippen molar-refractivity contribution < 1.29 is 19.7 Å². The van der Waals surface area contributed by atoms with Gasteiger partial charge in [0, 0.05) is 6.42 Å². The maximum absolute atomic E-state index is 11.6. The summed E-state index contributed by atoms with van der Waals surface area (Å²) in [7, 11) is 0. The lowest BCUT2D eigenvalue weighted by atomic mass is 10.1. The van der Waals surface area contributed by atoms with Crippen molar-refractivity contribution in [1.29, 1.82) is 0 Å². The largest absolute Gasteiger partial charge is 0.508 e. The van der Waals surface area contributed by atoms with Crippen molar-refractivity contribution in [2.45, 2.75) is 20.0 Å². The van der Waals surface area contributed by atoms with Gasteiger partial charge in [-0.1, -0.05) is 42.5 Å². The number of carboxylic acid groups (broad SMARTS) is 1. The summed E-state index contributed by atoms with van der Waals surface area (Å²) in [6.07, 6.45) is 0.361. The lowest BCUT2D eigenvalue weighted by Gasteiger charge is -2.12. The number of ether oxygens (including phenoxy) is 1. The van der Waals surface area contributed by atoms with Crippen molar-refractivity contribution >= 4 is 5.97 Å². The normalized spacial score (nSPS) is 10.5. The Morgan fingerprint density at radius 2 is 1.69 bits per heavy atom. The summed E-state index contributed by atoms with van der Waals surface area (Å²) in [5.74, 6) is -0.430. The zero-order chi connectivity index (χ0) is 18.5. The van der Waals surface area contributed by atoms with Crippen LogP contribution >= 0.6 is 0 Å². The van der Waals surface area contributed by atoms with Crippen molar-refractivity contribution in [3.63, 3.8) is 0 Å². The fourth-order valence-electron chi connectivity index (χ4n) is 2.54. The van der Waals surface area contributed by atoms with E-state index in [0.29, 0.717) is 17.9 Å². The Balaban J connectivity index is 1.85. The molecule has 2 N–H and O–H groups in total. The van der Waals surface area contributed by atoms with Gasteiger partial charge in [-0.05, 0) is 30.2 Å². The average molecular weight is 350 g/mol. The molecule has 2 aromatic carbocycles. The van der Waals surface area contributed by atoms with Gasteiger partial charge in [0.15, 0.2) is 11.4 Å². The summed E-state index contributed by atoms with van der Waals surface area (Å²) in [5, 5.41) is 18.9. The molecule has 0 aliphatic heterocycles. The molecule has 0 spiro atoms. The van der Waals surface area contributed by atoms with Crippen molar-refractivity contribution in [1.82, 2.24) is 9.97 Å². The van der Waals surface area contributed by atoms with Crippen LogP contribution in [0.2, 0.25) is 0 Å². The zero-order valence-corrected chi connectivity index (χ0v) is 14.2. The second kappa shape index (κ2) is 7.65. The number of aryl methyl sites for hydroxylation is 1. The average Bonchev–Trinajstić information content (AvgIpc) is 2.63. The molecule has 3 rings (SSSR count). The van der Waals surface area contributed by atoms with Crippen LogP contribution in [-0.4, -0.2) is 26.2 Å². The number of aromatic carboxylic acids is 1. The van der Waals surface area contributed by atoms with Crippen LogP contribution in [0.5, 0.6) is 11.5 Å². The van der Waals surface area contributed by atoms with Crippen molar-refractivity contribution in [2.24, 2.45) is 0 Å². The maximum atomic E-state index is 11.6. The zero-order valence-electron chi connectivity index (χ0n) is 14.2. The van der Waals surface area contributed by atoms with E-state index < -0.39 is 5.97 Å². The minimum atomic E-state index is -1.16. The fourth-order valence-corrected chi connectivity index (χ4v) is 2.54. The Morgan fingerprint density at radius 3 is 2.35 bits per heavy atom. The maximum Gasteiger partial charge on any atom is 0.358 e. The first-order valence-corrected chi connectivity index (χ1v) is 8.08. The molecule has 0 saturated carbocycles. The molecule has 0 aliphatic carbocycles. The van der Waals surface area contributed by atoms with E-state index in [4.69, 9.17) is 4.74 Å². The standard InChI is InChI=1S/C20H18N2O4/c1-13-19(26-12-15-5-3-2-4-6-15)18(20(24)25)22-17(21-13)11-14-7-9-16(23)10-8-14/h2-10,23H,11-12H2,1H3,(H,24,25). The third kappa shape index (κ3) is 4.16. The van der Waals surface area contributed by atoms with Gasteiger partial charge in [-0.25, -0.2) is 14.8 Å². The number of hydrogen-bond acceptors (Lipinski definition) is 5. The molecule has 6 nitrogen and oxygen atoms in total. The molecule has 0 radical (unpaired) electrons. The number of rotatable bonds is 6. The van der Waals surface area contributed by atoms with Gasteiger partial charge in [0.25, 0.3) is 0 Å². The molecule has 0 bridgehead atoms. The highest BCUT2D eigenvalue weighted by molar-refractivity contribution is 5.88. The van der Waals surface area contributed by atoms with Gasteiger partial charge in [0.2, 0.25) is 0 Å². The summed E-state index contributed by atoms with van der Waals surface area (Å²) in [5.41, 5.74) is 2.12. The van der Waals surface area contributed by atoms with Crippen LogP contribution in [0.3, 0.4) is 0 Å². The Labute approximate surface area is 150 Å². The molecule has 0 saturated heterocycles. The first-order chi connectivity index (χ1) is 12.5. The van der Waals surface area contributed by atoms with Crippen LogP contribution in [0.25, 0.3) is 0 Å². The number of carbonyl (C=O) groups is 1. The molecular formula is C20H18N2O4. The molecule has 0 amide bonds. The molecule has 0 fully saturated rings. The minimum absolute atomic E-state index is 0.151. The van der Waals surface area contributed by atoms with Gasteiger partial charge in [0.05, 0.1) is 5.69 Å². The third-order valence-corrected chi connectivity index (χ3v) is 3.81. The molecule has 26 heavy (non-hydrogen) atoms. The number of nitrogens with zero attached hydrogens (tertiary/aromatic N) is 2. The summed E-state index contributed by atoms with van der Waals surface area (Å²) in [6.45, 7) is 1.94. The molecule has 1 heterocycles. The highest BCUT2D eigenvalue weighted by Gasteiger charge is 2.19. The van der Waals surface area contributed by atoms with E-state index in [1.54, 1.807) is 31.2 Å². The number of phenolic OH excluding ortho intramolecular Hbond substituents is 1. The van der Waals surface area contributed by atoms with E-state index in [1.807, 2.05) is 30.3 Å². The molecule has 6 heteroatoms. The lowest BCUT2D eigenvalue weighted by molar-refractivity contribution is 0.0683. The predicted molar refractivity (Wildman–Crippen MR) is 95.4 cm³/mol. The molecule has 0 aliphatic rings. The van der Waals surface area contributed by atoms with Crippen LogP contribution in [0.1, 0.15) is 33.1 Å². The minimum Gasteiger partial charge on any atom is -0.508 e. The van der Waals surface area contributed by atoms with Crippen LogP contribution in [0.15, 0.2) is 54.6 Å². The Bertz CT molecular complexity index is 909. The monoisotopic (exact) mass is 350 g/mol. The number of phenols is 1. The SMILES string of the molecule is Cc1nc(Cc2ccc(O)cc2)nc(C(=O)O)c1OCc1ccccc1. The van der Waals surface area contributed by atoms with E-state index in [2.05, 4.69) is 9.97 Å². The molecule has 0 atom stereocenters. The van der Waals surface area contributed by atoms with E-state index >= 15 is 0 Å². The van der Waals surface area contributed by atoms with Crippen LogP contribution < -0.4 is 4.74 Å². The summed E-state index contributed by atoms with van der Waals surface area (Å²) < 4.78 is 5.70. The highest BCUT2D eigenvalue weighted by atomic mass is 16.5. The highest BCUT2D eigenvalue weighted by Crippen LogP contribution is 2.23. The Kier molecular flexibility index (Phi) is 5.12. The summed E-state index contributed by atoms with van der Waals surface area (Å²) >= 11 is 0. The van der Waals surface area contributed by atoms with E-state index in [0.717, 1.165) is 11.1 Å². The van der Waals surface area contributed by atoms with Gasteiger partial charge in [-0.15, -0.1) is 0 Å². The van der Waals surface area contributed by atoms with E-state index in [-0.39, 0.29) is 23.8 Å². The second-order valence-corrected chi connectivity index (χ2v) is 5.83. The smallest absolute Gasteiger partial charge is 0.358 e. The van der Waals surface area contributed by atoms with E-state index in [1.165, 1.54) is 0 Å². The van der Waals surface area contributed by atoms with Gasteiger partial charge < -0.3 is 14.9 Å². The van der Waals surface area contributed by atoms with Crippen molar-refractivity contribution in [2.75, 3.05) is 0 Å².